The fourth-order valence-corrected chi connectivity index (χ4v) is 1.28. The van der Waals surface area contributed by atoms with Gasteiger partial charge in [-0.15, -0.1) is 0 Å². The van der Waals surface area contributed by atoms with Crippen molar-refractivity contribution in [1.82, 2.24) is 0 Å². The Morgan fingerprint density at radius 2 is 2.27 bits per heavy atom. The zero-order chi connectivity index (χ0) is 11.1. The summed E-state index contributed by atoms with van der Waals surface area (Å²) in [5.41, 5.74) is 1.37. The lowest BCUT2D eigenvalue weighted by Crippen LogP contribution is -2.00. The van der Waals surface area contributed by atoms with Gasteiger partial charge in [-0.1, -0.05) is 24.3 Å². The first kappa shape index (κ1) is 11.4. The number of nitrogens with zero attached hydrogens (tertiary/aromatic N) is 1. The Morgan fingerprint density at radius 1 is 1.53 bits per heavy atom. The van der Waals surface area contributed by atoms with E-state index in [9.17, 15) is 9.18 Å². The number of carbonyl (C=O) groups excluding carboxylic acids is 1. The van der Waals surface area contributed by atoms with Crippen molar-refractivity contribution < 1.29 is 9.18 Å². The van der Waals surface area contributed by atoms with Crippen LogP contribution < -0.4 is 0 Å². The third kappa shape index (κ3) is 3.54. The number of carbonyl (C=O) groups is 1. The maximum absolute atomic E-state index is 12.0. The predicted molar refractivity (Wildman–Crippen MR) is 60.3 cm³/mol. The highest BCUT2D eigenvalue weighted by Gasteiger charge is 2.04. The third-order valence-corrected chi connectivity index (χ3v) is 1.90. The normalized spacial score (nSPS) is 9.93. The molecular weight excluding hydrogens is 213 g/mol. The number of aliphatic imine (C=N–C) groups is 1. The second-order valence-electron chi connectivity index (χ2n) is 2.77. The van der Waals surface area contributed by atoms with Crippen LogP contribution in [0, 0.1) is 0 Å². The zero-order valence-electron chi connectivity index (χ0n) is 7.81. The molecule has 15 heavy (non-hydrogen) atoms. The first-order chi connectivity index (χ1) is 7.27. The lowest BCUT2D eigenvalue weighted by Gasteiger charge is -2.01. The zero-order valence-corrected chi connectivity index (χ0v) is 8.63. The molecule has 1 aromatic rings. The van der Waals surface area contributed by atoms with Gasteiger partial charge < -0.3 is 0 Å². The van der Waals surface area contributed by atoms with Crippen molar-refractivity contribution in [3.8, 4) is 0 Å². The van der Waals surface area contributed by atoms with E-state index in [1.54, 1.807) is 24.3 Å². The molecule has 0 N–H and O–H groups in total. The molecule has 0 aliphatic heterocycles. The second-order valence-corrected chi connectivity index (χ2v) is 2.95. The van der Waals surface area contributed by atoms with Gasteiger partial charge in [0, 0.05) is 0 Å². The summed E-state index contributed by atoms with van der Waals surface area (Å²) in [5.74, 6) is -0.385. The van der Waals surface area contributed by atoms with Crippen molar-refractivity contribution in [2.24, 2.45) is 4.99 Å². The van der Waals surface area contributed by atoms with Crippen molar-refractivity contribution in [3.05, 3.63) is 41.7 Å². The highest BCUT2D eigenvalue weighted by atomic mass is 32.1. The highest BCUT2D eigenvalue weighted by molar-refractivity contribution is 7.78. The Hall–Kier alpha value is -1.64. The van der Waals surface area contributed by atoms with Gasteiger partial charge in [0.25, 0.3) is 5.91 Å². The van der Waals surface area contributed by atoms with Crippen LogP contribution in [0.5, 0.6) is 0 Å². The van der Waals surface area contributed by atoms with E-state index in [0.717, 1.165) is 0 Å². The topological polar surface area (TPSA) is 29.4 Å². The number of amides is 1. The molecule has 0 aromatic heterocycles. The molecule has 0 heterocycles. The van der Waals surface area contributed by atoms with E-state index in [1.165, 1.54) is 6.08 Å². The molecule has 0 saturated carbocycles. The van der Waals surface area contributed by atoms with Gasteiger partial charge in [0.1, 0.15) is 0 Å². The molecule has 0 bridgehead atoms. The molecule has 1 rings (SSSR count). The van der Waals surface area contributed by atoms with E-state index in [4.69, 9.17) is 0 Å². The van der Waals surface area contributed by atoms with Gasteiger partial charge in [-0.2, -0.15) is 4.99 Å². The highest BCUT2D eigenvalue weighted by Crippen LogP contribution is 2.12. The minimum atomic E-state index is -0.385. The lowest BCUT2D eigenvalue weighted by atomic mass is 10.0. The Labute approximate surface area is 92.1 Å². The molecular formula is C11H8FNOS. The van der Waals surface area contributed by atoms with Crippen LogP contribution in [0.25, 0.3) is 6.08 Å². The average Bonchev–Trinajstić information content (AvgIpc) is 2.21. The van der Waals surface area contributed by atoms with Crippen LogP contribution in [-0.2, 0) is 11.2 Å². The Bertz CT molecular complexity index is 436. The third-order valence-electron chi connectivity index (χ3n) is 1.81. The largest absolute Gasteiger partial charge is 0.271 e. The van der Waals surface area contributed by atoms with E-state index >= 15 is 0 Å². The molecule has 0 radical (unpaired) electrons. The Balaban J connectivity index is 2.93. The van der Waals surface area contributed by atoms with E-state index in [1.807, 2.05) is 5.16 Å². The monoisotopic (exact) mass is 221 g/mol. The molecule has 0 spiro atoms. The van der Waals surface area contributed by atoms with Gasteiger partial charge in [0.2, 0.25) is 0 Å². The number of hydrogen-bond donors (Lipinski definition) is 0. The molecule has 0 aliphatic rings. The van der Waals surface area contributed by atoms with Crippen LogP contribution in [0.3, 0.4) is 0 Å². The summed E-state index contributed by atoms with van der Waals surface area (Å²) in [7, 11) is 0. The van der Waals surface area contributed by atoms with Crippen LogP contribution in [-0.4, -0.2) is 11.1 Å². The quantitative estimate of drug-likeness (QED) is 0.580. The molecule has 0 saturated heterocycles. The summed E-state index contributed by atoms with van der Waals surface area (Å²) in [4.78, 5) is 14.5. The van der Waals surface area contributed by atoms with Crippen LogP contribution in [0.15, 0.2) is 35.6 Å². The summed E-state index contributed by atoms with van der Waals surface area (Å²) < 4.78 is 12.0. The summed E-state index contributed by atoms with van der Waals surface area (Å²) >= 11 is 4.32. The van der Waals surface area contributed by atoms with E-state index in [0.29, 0.717) is 17.5 Å². The summed E-state index contributed by atoms with van der Waals surface area (Å²) in [5, 5.41) is 2.01. The SMILES string of the molecule is O=C(Cc1ccccc1C=CF)N=C=S. The maximum Gasteiger partial charge on any atom is 0.258 e. The Kier molecular flexibility index (Phi) is 4.54. The van der Waals surface area contributed by atoms with Crippen molar-refractivity contribution >= 4 is 29.4 Å². The molecule has 76 valence electrons. The molecule has 1 aromatic carbocycles. The lowest BCUT2D eigenvalue weighted by molar-refractivity contribution is -0.117. The van der Waals surface area contributed by atoms with Gasteiger partial charge in [-0.05, 0) is 29.4 Å². The second kappa shape index (κ2) is 5.96. The molecule has 4 heteroatoms. The fraction of sp³-hybridized carbons (Fsp3) is 0.0909. The first-order valence-electron chi connectivity index (χ1n) is 4.23. The van der Waals surface area contributed by atoms with Crippen LogP contribution in [0.4, 0.5) is 4.39 Å². The number of isothiocyanates is 1. The maximum atomic E-state index is 12.0. The van der Waals surface area contributed by atoms with E-state index < -0.39 is 0 Å². The minimum absolute atomic E-state index is 0.101. The smallest absolute Gasteiger partial charge is 0.258 e. The number of rotatable bonds is 3. The molecule has 0 unspecified atom stereocenters. The first-order valence-corrected chi connectivity index (χ1v) is 4.64. The predicted octanol–water partition coefficient (Wildman–Crippen LogP) is 2.80. The molecule has 0 fully saturated rings. The van der Waals surface area contributed by atoms with Gasteiger partial charge in [-0.25, -0.2) is 4.39 Å². The number of halogens is 1. The fourth-order valence-electron chi connectivity index (χ4n) is 1.18. The summed E-state index contributed by atoms with van der Waals surface area (Å²) in [6.45, 7) is 0. The van der Waals surface area contributed by atoms with Crippen molar-refractivity contribution in [2.45, 2.75) is 6.42 Å². The molecule has 2 nitrogen and oxygen atoms in total. The van der Waals surface area contributed by atoms with Gasteiger partial charge in [0.15, 0.2) is 0 Å². The number of hydrogen-bond acceptors (Lipinski definition) is 2. The van der Waals surface area contributed by atoms with Crippen LogP contribution in [0.1, 0.15) is 11.1 Å². The minimum Gasteiger partial charge on any atom is -0.271 e. The standard InChI is InChI=1S/C11H8FNOS/c12-6-5-9-3-1-2-4-10(9)7-11(14)13-8-15/h1-6H,7H2. The summed E-state index contributed by atoms with van der Waals surface area (Å²) in [6, 6.07) is 7.01. The average molecular weight is 221 g/mol. The molecule has 1 amide bonds. The molecule has 0 aliphatic carbocycles. The summed E-state index contributed by atoms with van der Waals surface area (Å²) in [6.07, 6.45) is 1.83. The van der Waals surface area contributed by atoms with E-state index in [-0.39, 0.29) is 12.3 Å². The number of benzene rings is 1. The van der Waals surface area contributed by atoms with Crippen molar-refractivity contribution in [3.63, 3.8) is 0 Å². The van der Waals surface area contributed by atoms with E-state index in [2.05, 4.69) is 17.2 Å². The van der Waals surface area contributed by atoms with Crippen LogP contribution in [0.2, 0.25) is 0 Å². The van der Waals surface area contributed by atoms with Gasteiger partial charge in [-0.3, -0.25) is 4.79 Å². The molecule has 0 atom stereocenters. The Morgan fingerprint density at radius 3 is 2.93 bits per heavy atom. The van der Waals surface area contributed by atoms with Crippen LogP contribution >= 0.6 is 12.2 Å². The van der Waals surface area contributed by atoms with Crippen molar-refractivity contribution in [1.29, 1.82) is 0 Å². The van der Waals surface area contributed by atoms with Crippen molar-refractivity contribution in [2.75, 3.05) is 0 Å². The number of thiocarbonyl (C=S) groups is 1. The van der Waals surface area contributed by atoms with Gasteiger partial charge in [0.05, 0.1) is 17.9 Å². The van der Waals surface area contributed by atoms with Gasteiger partial charge >= 0.3 is 0 Å².